The summed E-state index contributed by atoms with van der Waals surface area (Å²) in [6.45, 7) is 0. The normalized spacial score (nSPS) is 12.4. The van der Waals surface area contributed by atoms with Crippen LogP contribution in [-0.2, 0) is 6.42 Å². The van der Waals surface area contributed by atoms with Gasteiger partial charge in [-0.25, -0.2) is 0 Å². The molecule has 0 saturated carbocycles. The van der Waals surface area contributed by atoms with Crippen molar-refractivity contribution in [2.75, 3.05) is 7.05 Å². The molecule has 0 spiro atoms. The minimum atomic E-state index is 0.139. The van der Waals surface area contributed by atoms with Gasteiger partial charge in [0.05, 0.1) is 0 Å². The van der Waals surface area contributed by atoms with Crippen molar-refractivity contribution < 1.29 is 0 Å². The van der Waals surface area contributed by atoms with Gasteiger partial charge in [0.2, 0.25) is 0 Å². The Kier molecular flexibility index (Phi) is 5.76. The van der Waals surface area contributed by atoms with Crippen molar-refractivity contribution in [1.29, 1.82) is 0 Å². The molecule has 0 aliphatic heterocycles. The smallest absolute Gasteiger partial charge is 0.0453 e. The van der Waals surface area contributed by atoms with Crippen LogP contribution in [-0.4, -0.2) is 7.05 Å². The van der Waals surface area contributed by atoms with Gasteiger partial charge < -0.3 is 5.32 Å². The largest absolute Gasteiger partial charge is 0.313 e. The van der Waals surface area contributed by atoms with Crippen LogP contribution in [0.3, 0.4) is 0 Å². The molecular formula is C15H13BrCl3N. The molecule has 0 aromatic heterocycles. The number of halogens is 4. The number of rotatable bonds is 4. The Morgan fingerprint density at radius 3 is 2.30 bits per heavy atom. The summed E-state index contributed by atoms with van der Waals surface area (Å²) in [6.07, 6.45) is 0.771. The third-order valence-corrected chi connectivity index (χ3v) is 4.63. The average molecular weight is 394 g/mol. The standard InChI is InChI=1S/C15H13BrCl3N/c1-20-15(12-5-4-10(17)7-13(12)16)6-9-2-3-11(18)8-14(9)19/h2-5,7-8,15,20H,6H2,1H3. The van der Waals surface area contributed by atoms with E-state index in [0.29, 0.717) is 15.1 Å². The highest BCUT2D eigenvalue weighted by atomic mass is 79.9. The van der Waals surface area contributed by atoms with E-state index in [0.717, 1.165) is 22.0 Å². The number of hydrogen-bond donors (Lipinski definition) is 1. The highest BCUT2D eigenvalue weighted by Crippen LogP contribution is 2.31. The molecule has 5 heteroatoms. The zero-order chi connectivity index (χ0) is 14.7. The van der Waals surface area contributed by atoms with E-state index in [1.54, 1.807) is 6.07 Å². The first-order valence-electron chi connectivity index (χ1n) is 6.07. The second-order valence-electron chi connectivity index (χ2n) is 4.45. The summed E-state index contributed by atoms with van der Waals surface area (Å²) >= 11 is 21.7. The molecule has 0 aliphatic rings. The van der Waals surface area contributed by atoms with Gasteiger partial charge in [-0.15, -0.1) is 0 Å². The van der Waals surface area contributed by atoms with Gasteiger partial charge in [0, 0.05) is 25.6 Å². The molecule has 0 amide bonds. The molecule has 0 saturated heterocycles. The fourth-order valence-electron chi connectivity index (χ4n) is 2.06. The molecule has 0 radical (unpaired) electrons. The molecule has 1 unspecified atom stereocenters. The van der Waals surface area contributed by atoms with Crippen LogP contribution in [0.1, 0.15) is 17.2 Å². The number of likely N-dealkylation sites (N-methyl/N-ethyl adjacent to an activating group) is 1. The van der Waals surface area contributed by atoms with Crippen molar-refractivity contribution in [2.24, 2.45) is 0 Å². The first kappa shape index (κ1) is 16.1. The van der Waals surface area contributed by atoms with E-state index in [9.17, 15) is 0 Å². The van der Waals surface area contributed by atoms with Crippen LogP contribution in [0.25, 0.3) is 0 Å². The third kappa shape index (κ3) is 3.90. The van der Waals surface area contributed by atoms with E-state index in [4.69, 9.17) is 34.8 Å². The van der Waals surface area contributed by atoms with Crippen LogP contribution >= 0.6 is 50.7 Å². The SMILES string of the molecule is CNC(Cc1ccc(Cl)cc1Cl)c1ccc(Cl)cc1Br. The van der Waals surface area contributed by atoms with E-state index in [2.05, 4.69) is 21.2 Å². The molecule has 1 N–H and O–H groups in total. The van der Waals surface area contributed by atoms with Crippen LogP contribution in [0.5, 0.6) is 0 Å². The molecule has 1 atom stereocenters. The van der Waals surface area contributed by atoms with E-state index >= 15 is 0 Å². The van der Waals surface area contributed by atoms with E-state index in [-0.39, 0.29) is 6.04 Å². The molecule has 0 aliphatic carbocycles. The van der Waals surface area contributed by atoms with E-state index in [1.807, 2.05) is 37.4 Å². The summed E-state index contributed by atoms with van der Waals surface area (Å²) in [7, 11) is 1.93. The molecule has 0 fully saturated rings. The minimum Gasteiger partial charge on any atom is -0.313 e. The Bertz CT molecular complexity index is 616. The second kappa shape index (κ2) is 7.15. The lowest BCUT2D eigenvalue weighted by Crippen LogP contribution is -2.19. The second-order valence-corrected chi connectivity index (χ2v) is 6.58. The summed E-state index contributed by atoms with van der Waals surface area (Å²) in [4.78, 5) is 0. The molecule has 106 valence electrons. The minimum absolute atomic E-state index is 0.139. The number of nitrogens with one attached hydrogen (secondary N) is 1. The molecule has 2 aromatic carbocycles. The van der Waals surface area contributed by atoms with Crippen molar-refractivity contribution in [3.8, 4) is 0 Å². The Hall–Kier alpha value is -0.250. The van der Waals surface area contributed by atoms with Crippen molar-refractivity contribution >= 4 is 50.7 Å². The van der Waals surface area contributed by atoms with Gasteiger partial charge in [-0.05, 0) is 48.9 Å². The highest BCUT2D eigenvalue weighted by molar-refractivity contribution is 9.10. The average Bonchev–Trinajstić information content (AvgIpc) is 2.39. The van der Waals surface area contributed by atoms with Crippen molar-refractivity contribution in [3.63, 3.8) is 0 Å². The van der Waals surface area contributed by atoms with Crippen LogP contribution in [0.15, 0.2) is 40.9 Å². The molecule has 1 nitrogen and oxygen atoms in total. The maximum atomic E-state index is 6.24. The van der Waals surface area contributed by atoms with Gasteiger partial charge >= 0.3 is 0 Å². The Morgan fingerprint density at radius 1 is 1.05 bits per heavy atom. The van der Waals surface area contributed by atoms with Crippen molar-refractivity contribution in [1.82, 2.24) is 5.32 Å². The van der Waals surface area contributed by atoms with Crippen LogP contribution in [0.2, 0.25) is 15.1 Å². The van der Waals surface area contributed by atoms with Gasteiger partial charge in [-0.1, -0.05) is 62.9 Å². The first-order valence-corrected chi connectivity index (χ1v) is 8.00. The predicted molar refractivity (Wildman–Crippen MR) is 91.1 cm³/mol. The van der Waals surface area contributed by atoms with Gasteiger partial charge in [0.1, 0.15) is 0 Å². The summed E-state index contributed by atoms with van der Waals surface area (Å²) in [6, 6.07) is 11.5. The molecule has 2 rings (SSSR count). The number of hydrogen-bond acceptors (Lipinski definition) is 1. The van der Waals surface area contributed by atoms with Gasteiger partial charge in [-0.3, -0.25) is 0 Å². The van der Waals surface area contributed by atoms with Crippen LogP contribution in [0.4, 0.5) is 0 Å². The predicted octanol–water partition coefficient (Wildman–Crippen LogP) is 5.91. The Morgan fingerprint density at radius 2 is 1.70 bits per heavy atom. The summed E-state index contributed by atoms with van der Waals surface area (Å²) < 4.78 is 0.981. The number of benzene rings is 2. The van der Waals surface area contributed by atoms with Crippen molar-refractivity contribution in [3.05, 3.63) is 67.1 Å². The summed E-state index contributed by atoms with van der Waals surface area (Å²) in [5.74, 6) is 0. The lowest BCUT2D eigenvalue weighted by atomic mass is 9.99. The van der Waals surface area contributed by atoms with Crippen molar-refractivity contribution in [2.45, 2.75) is 12.5 Å². The first-order chi connectivity index (χ1) is 9.51. The fraction of sp³-hybridized carbons (Fsp3) is 0.200. The monoisotopic (exact) mass is 391 g/mol. The van der Waals surface area contributed by atoms with E-state index in [1.165, 1.54) is 0 Å². The summed E-state index contributed by atoms with van der Waals surface area (Å²) in [5, 5.41) is 5.34. The maximum absolute atomic E-state index is 6.24. The molecular weight excluding hydrogens is 380 g/mol. The van der Waals surface area contributed by atoms with Crippen LogP contribution < -0.4 is 5.32 Å². The van der Waals surface area contributed by atoms with E-state index < -0.39 is 0 Å². The lowest BCUT2D eigenvalue weighted by molar-refractivity contribution is 0.590. The van der Waals surface area contributed by atoms with Gasteiger partial charge in [-0.2, -0.15) is 0 Å². The lowest BCUT2D eigenvalue weighted by Gasteiger charge is -2.19. The fourth-order valence-corrected chi connectivity index (χ4v) is 3.50. The molecule has 2 aromatic rings. The Balaban J connectivity index is 2.28. The van der Waals surface area contributed by atoms with Gasteiger partial charge in [0.15, 0.2) is 0 Å². The molecule has 0 bridgehead atoms. The zero-order valence-electron chi connectivity index (χ0n) is 10.8. The highest BCUT2D eigenvalue weighted by Gasteiger charge is 2.15. The maximum Gasteiger partial charge on any atom is 0.0453 e. The topological polar surface area (TPSA) is 12.0 Å². The third-order valence-electron chi connectivity index (χ3n) is 3.13. The summed E-state index contributed by atoms with van der Waals surface area (Å²) in [5.41, 5.74) is 2.19. The van der Waals surface area contributed by atoms with Gasteiger partial charge in [0.25, 0.3) is 0 Å². The zero-order valence-corrected chi connectivity index (χ0v) is 14.6. The molecule has 20 heavy (non-hydrogen) atoms. The quantitative estimate of drug-likeness (QED) is 0.681. The molecule has 0 heterocycles. The Labute approximate surface area is 142 Å². The van der Waals surface area contributed by atoms with Crippen LogP contribution in [0, 0.1) is 0 Å².